The molecule has 96 valence electrons. The molecule has 0 atom stereocenters. The molecule has 0 spiro atoms. The van der Waals surface area contributed by atoms with Crippen molar-refractivity contribution in [2.45, 2.75) is 24.1 Å². The zero-order chi connectivity index (χ0) is 13.1. The molecule has 0 amide bonds. The first kappa shape index (κ1) is 15.0. The first-order valence-electron chi connectivity index (χ1n) is 5.24. The van der Waals surface area contributed by atoms with Gasteiger partial charge in [-0.3, -0.25) is 0 Å². The van der Waals surface area contributed by atoms with Crippen molar-refractivity contribution in [1.82, 2.24) is 4.31 Å². The number of rotatable bonds is 5. The van der Waals surface area contributed by atoms with Gasteiger partial charge in [0.25, 0.3) is 0 Å². The molecule has 0 bridgehead atoms. The molecule has 0 saturated heterocycles. The van der Waals surface area contributed by atoms with Gasteiger partial charge in [0.2, 0.25) is 10.0 Å². The van der Waals surface area contributed by atoms with Crippen LogP contribution < -0.4 is 0 Å². The number of hydrogen-bond acceptors (Lipinski definition) is 2. The summed E-state index contributed by atoms with van der Waals surface area (Å²) in [7, 11) is -1.85. The highest BCUT2D eigenvalue weighted by atomic mass is 79.9. The van der Waals surface area contributed by atoms with Crippen LogP contribution in [0, 0.1) is 0 Å². The molecule has 0 unspecified atom stereocenters. The van der Waals surface area contributed by atoms with Crippen molar-refractivity contribution in [3.05, 3.63) is 28.2 Å². The standard InChI is InChI=1S/C11H15BrClNO2S/c1-3-6-14(2)17(15,16)11-7-9(8-13)4-5-10(11)12/h4-5,7H,3,6,8H2,1-2H3. The Morgan fingerprint density at radius 3 is 2.59 bits per heavy atom. The monoisotopic (exact) mass is 339 g/mol. The van der Waals surface area contributed by atoms with E-state index in [9.17, 15) is 8.42 Å². The molecule has 0 saturated carbocycles. The molecule has 0 heterocycles. The number of benzene rings is 1. The molecule has 0 N–H and O–H groups in total. The number of halogens is 2. The Balaban J connectivity index is 3.22. The van der Waals surface area contributed by atoms with Gasteiger partial charge in [-0.1, -0.05) is 13.0 Å². The lowest BCUT2D eigenvalue weighted by atomic mass is 10.2. The highest BCUT2D eigenvalue weighted by Gasteiger charge is 2.22. The third-order valence-electron chi connectivity index (χ3n) is 2.38. The Bertz CT molecular complexity index is 490. The summed E-state index contributed by atoms with van der Waals surface area (Å²) in [4.78, 5) is 0.270. The molecule has 0 aromatic heterocycles. The van der Waals surface area contributed by atoms with Gasteiger partial charge in [-0.25, -0.2) is 12.7 Å². The molecule has 0 aliphatic rings. The Morgan fingerprint density at radius 2 is 2.06 bits per heavy atom. The molecule has 0 aliphatic heterocycles. The smallest absolute Gasteiger partial charge is 0.207 e. The summed E-state index contributed by atoms with van der Waals surface area (Å²) >= 11 is 8.98. The van der Waals surface area contributed by atoms with Crippen LogP contribution in [0.25, 0.3) is 0 Å². The SMILES string of the molecule is CCCN(C)S(=O)(=O)c1cc(CCl)ccc1Br. The maximum absolute atomic E-state index is 12.3. The van der Waals surface area contributed by atoms with Crippen LogP contribution in [0.2, 0.25) is 0 Å². The fourth-order valence-corrected chi connectivity index (χ4v) is 3.83. The summed E-state index contributed by atoms with van der Waals surface area (Å²) < 4.78 is 26.4. The second-order valence-corrected chi connectivity index (χ2v) is 6.86. The summed E-state index contributed by atoms with van der Waals surface area (Å²) in [5.74, 6) is 0.299. The molecule has 6 heteroatoms. The lowest BCUT2D eigenvalue weighted by Crippen LogP contribution is -2.28. The molecular weight excluding hydrogens is 326 g/mol. The van der Waals surface area contributed by atoms with E-state index in [1.807, 2.05) is 6.92 Å². The molecule has 3 nitrogen and oxygen atoms in total. The molecule has 1 aromatic rings. The molecule has 0 aliphatic carbocycles. The van der Waals surface area contributed by atoms with Crippen molar-refractivity contribution in [3.63, 3.8) is 0 Å². The third-order valence-corrected chi connectivity index (χ3v) is 5.54. The summed E-state index contributed by atoms with van der Waals surface area (Å²) in [6.45, 7) is 2.44. The van der Waals surface area contributed by atoms with Crippen LogP contribution in [-0.2, 0) is 15.9 Å². The Kier molecular flexibility index (Phi) is 5.44. The lowest BCUT2D eigenvalue weighted by molar-refractivity contribution is 0.468. The van der Waals surface area contributed by atoms with Crippen molar-refractivity contribution < 1.29 is 8.42 Å². The number of sulfonamides is 1. The van der Waals surface area contributed by atoms with Gasteiger partial charge < -0.3 is 0 Å². The van der Waals surface area contributed by atoms with Crippen LogP contribution in [0.5, 0.6) is 0 Å². The van der Waals surface area contributed by atoms with Gasteiger partial charge in [0.05, 0.1) is 4.90 Å². The Hall–Kier alpha value is -0.100. The highest BCUT2D eigenvalue weighted by molar-refractivity contribution is 9.10. The molecule has 1 aromatic carbocycles. The van der Waals surface area contributed by atoms with Crippen molar-refractivity contribution in [1.29, 1.82) is 0 Å². The van der Waals surface area contributed by atoms with Crippen molar-refractivity contribution >= 4 is 37.6 Å². The van der Waals surface area contributed by atoms with Gasteiger partial charge >= 0.3 is 0 Å². The topological polar surface area (TPSA) is 37.4 Å². The summed E-state index contributed by atoms with van der Waals surface area (Å²) in [5.41, 5.74) is 0.790. The van der Waals surface area contributed by atoms with E-state index in [1.54, 1.807) is 25.2 Å². The summed E-state index contributed by atoms with van der Waals surface area (Å²) in [5, 5.41) is 0. The fraction of sp³-hybridized carbons (Fsp3) is 0.455. The molecule has 1 rings (SSSR count). The van der Waals surface area contributed by atoms with E-state index in [-0.39, 0.29) is 4.90 Å². The highest BCUT2D eigenvalue weighted by Crippen LogP contribution is 2.26. The Labute approximate surface area is 116 Å². The van der Waals surface area contributed by atoms with Crippen molar-refractivity contribution in [3.8, 4) is 0 Å². The Morgan fingerprint density at radius 1 is 1.41 bits per heavy atom. The van der Waals surface area contributed by atoms with E-state index < -0.39 is 10.0 Å². The van der Waals surface area contributed by atoms with Crippen molar-refractivity contribution in [2.75, 3.05) is 13.6 Å². The summed E-state index contributed by atoms with van der Waals surface area (Å²) in [6, 6.07) is 5.12. The maximum atomic E-state index is 12.3. The number of nitrogens with zero attached hydrogens (tertiary/aromatic N) is 1. The van der Waals surface area contributed by atoms with Gasteiger partial charge in [0.1, 0.15) is 0 Å². The second-order valence-electron chi connectivity index (χ2n) is 3.72. The van der Waals surface area contributed by atoms with Crippen LogP contribution >= 0.6 is 27.5 Å². The van der Waals surface area contributed by atoms with E-state index in [2.05, 4.69) is 15.9 Å². The van der Waals surface area contributed by atoms with E-state index in [0.29, 0.717) is 16.9 Å². The minimum absolute atomic E-state index is 0.270. The van der Waals surface area contributed by atoms with Gasteiger partial charge in [-0.2, -0.15) is 0 Å². The molecule has 0 fully saturated rings. The quantitative estimate of drug-likeness (QED) is 0.772. The van der Waals surface area contributed by atoms with Crippen LogP contribution in [-0.4, -0.2) is 26.3 Å². The predicted molar refractivity (Wildman–Crippen MR) is 73.8 cm³/mol. The maximum Gasteiger partial charge on any atom is 0.243 e. The molecule has 0 radical (unpaired) electrons. The second kappa shape index (κ2) is 6.18. The number of alkyl halides is 1. The minimum atomic E-state index is -3.44. The van der Waals surface area contributed by atoms with E-state index >= 15 is 0 Å². The fourth-order valence-electron chi connectivity index (χ4n) is 1.43. The molecule has 17 heavy (non-hydrogen) atoms. The number of hydrogen-bond donors (Lipinski definition) is 0. The zero-order valence-corrected chi connectivity index (χ0v) is 12.9. The van der Waals surface area contributed by atoms with Crippen LogP contribution in [0.3, 0.4) is 0 Å². The molecular formula is C11H15BrClNO2S. The largest absolute Gasteiger partial charge is 0.243 e. The van der Waals surface area contributed by atoms with Gasteiger partial charge in [0, 0.05) is 23.9 Å². The average molecular weight is 341 g/mol. The van der Waals surface area contributed by atoms with Gasteiger partial charge in [0.15, 0.2) is 0 Å². The van der Waals surface area contributed by atoms with E-state index in [0.717, 1.165) is 12.0 Å². The normalized spacial score (nSPS) is 12.1. The van der Waals surface area contributed by atoms with Gasteiger partial charge in [-0.05, 0) is 40.0 Å². The third kappa shape index (κ3) is 3.44. The van der Waals surface area contributed by atoms with Crippen LogP contribution in [0.4, 0.5) is 0 Å². The van der Waals surface area contributed by atoms with Gasteiger partial charge in [-0.15, -0.1) is 11.6 Å². The van der Waals surface area contributed by atoms with E-state index in [4.69, 9.17) is 11.6 Å². The van der Waals surface area contributed by atoms with E-state index in [1.165, 1.54) is 4.31 Å². The van der Waals surface area contributed by atoms with Crippen LogP contribution in [0.15, 0.2) is 27.6 Å². The zero-order valence-electron chi connectivity index (χ0n) is 9.78. The minimum Gasteiger partial charge on any atom is -0.207 e. The first-order valence-corrected chi connectivity index (χ1v) is 8.01. The average Bonchev–Trinajstić information content (AvgIpc) is 2.29. The predicted octanol–water partition coefficient (Wildman–Crippen LogP) is 3.22. The lowest BCUT2D eigenvalue weighted by Gasteiger charge is -2.17. The first-order chi connectivity index (χ1) is 7.93. The van der Waals surface area contributed by atoms with Crippen molar-refractivity contribution in [2.24, 2.45) is 0 Å². The summed E-state index contributed by atoms with van der Waals surface area (Å²) in [6.07, 6.45) is 0.780. The van der Waals surface area contributed by atoms with Crippen LogP contribution in [0.1, 0.15) is 18.9 Å².